The second-order valence-electron chi connectivity index (χ2n) is 12.8. The third-order valence-corrected chi connectivity index (χ3v) is 10.5. The van der Waals surface area contributed by atoms with Crippen molar-refractivity contribution in [2.45, 2.75) is 55.9 Å². The van der Waals surface area contributed by atoms with Crippen molar-refractivity contribution in [2.24, 2.45) is 0 Å². The molecule has 4 atom stereocenters. The highest BCUT2D eigenvalue weighted by atomic mass is 32.2. The van der Waals surface area contributed by atoms with Crippen LogP contribution in [-0.2, 0) is 27.4 Å². The fourth-order valence-corrected chi connectivity index (χ4v) is 7.67. The van der Waals surface area contributed by atoms with E-state index in [2.05, 4.69) is 49.2 Å². The number of anilines is 2. The molecular weight excluding hydrogens is 679 g/mol. The number of piperazine rings is 1. The number of aromatic nitrogens is 6. The molecule has 268 valence electrons. The second kappa shape index (κ2) is 15.0. The van der Waals surface area contributed by atoms with Crippen molar-refractivity contribution in [3.63, 3.8) is 0 Å². The molecule has 4 unspecified atom stereocenters. The molecule has 1 N–H and O–H groups in total. The summed E-state index contributed by atoms with van der Waals surface area (Å²) in [6.07, 6.45) is 4.35. The van der Waals surface area contributed by atoms with Gasteiger partial charge in [0.15, 0.2) is 0 Å². The number of hydrogen-bond donors (Lipinski definition) is 1. The first-order chi connectivity index (χ1) is 24.7. The molecule has 2 saturated heterocycles. The van der Waals surface area contributed by atoms with Gasteiger partial charge in [-0.05, 0) is 61.4 Å². The summed E-state index contributed by atoms with van der Waals surface area (Å²) in [7, 11) is 0. The molecule has 2 aliphatic rings. The summed E-state index contributed by atoms with van der Waals surface area (Å²) in [5.41, 5.74) is 2.16. The molecule has 3 aromatic carbocycles. The number of ether oxygens (including phenoxy) is 2. The van der Waals surface area contributed by atoms with Gasteiger partial charge in [-0.25, -0.2) is 32.5 Å². The molecule has 7 rings (SSSR count). The van der Waals surface area contributed by atoms with Gasteiger partial charge in [0.1, 0.15) is 36.2 Å². The topological polar surface area (TPSA) is 116 Å². The largest absolute Gasteiger partial charge is 0.391 e. The van der Waals surface area contributed by atoms with Gasteiger partial charge in [-0.3, -0.25) is 0 Å². The van der Waals surface area contributed by atoms with Gasteiger partial charge in [0.05, 0.1) is 31.0 Å². The van der Waals surface area contributed by atoms with Gasteiger partial charge in [0, 0.05) is 54.9 Å². The van der Waals surface area contributed by atoms with Crippen molar-refractivity contribution in [1.82, 2.24) is 29.1 Å². The Morgan fingerprint density at radius 2 is 1.61 bits per heavy atom. The highest BCUT2D eigenvalue weighted by molar-refractivity contribution is 7.98. The average molecular weight is 719 g/mol. The Labute approximate surface area is 298 Å². The Morgan fingerprint density at radius 3 is 2.22 bits per heavy atom. The second-order valence-corrected chi connectivity index (χ2v) is 13.8. The van der Waals surface area contributed by atoms with Crippen LogP contribution in [0.4, 0.5) is 20.2 Å². The molecule has 2 fully saturated rings. The monoisotopic (exact) mass is 718 g/mol. The number of rotatable bonds is 12. The minimum atomic E-state index is -1.18. The number of nitrogens with zero attached hydrogens (tertiary/aromatic N) is 8. The van der Waals surface area contributed by atoms with E-state index in [1.54, 1.807) is 11.6 Å². The van der Waals surface area contributed by atoms with Crippen LogP contribution in [0, 0.1) is 11.6 Å². The van der Waals surface area contributed by atoms with Crippen LogP contribution in [0.2, 0.25) is 0 Å². The van der Waals surface area contributed by atoms with Crippen LogP contribution in [-0.4, -0.2) is 78.7 Å². The Hall–Kier alpha value is -4.57. The van der Waals surface area contributed by atoms with E-state index in [0.717, 1.165) is 54.9 Å². The molecule has 0 saturated carbocycles. The first-order valence-corrected chi connectivity index (χ1v) is 18.0. The zero-order valence-electron chi connectivity index (χ0n) is 28.4. The van der Waals surface area contributed by atoms with E-state index >= 15 is 0 Å². The van der Waals surface area contributed by atoms with Crippen LogP contribution in [0.1, 0.15) is 37.4 Å². The van der Waals surface area contributed by atoms with Gasteiger partial charge in [-0.1, -0.05) is 36.9 Å². The summed E-state index contributed by atoms with van der Waals surface area (Å²) >= 11 is 1.46. The fourth-order valence-electron chi connectivity index (χ4n) is 6.73. The van der Waals surface area contributed by atoms with E-state index in [9.17, 15) is 18.7 Å². The van der Waals surface area contributed by atoms with E-state index in [0.29, 0.717) is 12.2 Å². The highest BCUT2D eigenvalue weighted by Gasteiger charge is 2.45. The van der Waals surface area contributed by atoms with Crippen LogP contribution < -0.4 is 15.5 Å². The van der Waals surface area contributed by atoms with Crippen molar-refractivity contribution in [3.05, 3.63) is 119 Å². The Kier molecular flexibility index (Phi) is 10.2. The quantitative estimate of drug-likeness (QED) is 0.194. The molecule has 15 heteroatoms. The van der Waals surface area contributed by atoms with E-state index in [1.807, 2.05) is 31.2 Å². The molecule has 2 aromatic heterocycles. The lowest BCUT2D eigenvalue weighted by atomic mass is 9.94. The van der Waals surface area contributed by atoms with Crippen LogP contribution in [0.15, 0.2) is 90.5 Å². The molecule has 51 heavy (non-hydrogen) atoms. The molecule has 4 heterocycles. The third kappa shape index (κ3) is 7.42. The van der Waals surface area contributed by atoms with E-state index < -0.39 is 29.0 Å². The molecule has 2 aliphatic heterocycles. The van der Waals surface area contributed by atoms with Gasteiger partial charge in [0.25, 0.3) is 0 Å². The zero-order valence-corrected chi connectivity index (χ0v) is 29.2. The number of hydrogen-bond acceptors (Lipinski definition) is 10. The van der Waals surface area contributed by atoms with Crippen molar-refractivity contribution >= 4 is 23.1 Å². The third-order valence-electron chi connectivity index (χ3n) is 9.52. The minimum absolute atomic E-state index is 0.0814. The summed E-state index contributed by atoms with van der Waals surface area (Å²) in [6, 6.07) is 19.4. The van der Waals surface area contributed by atoms with Crippen LogP contribution >= 0.6 is 11.8 Å². The summed E-state index contributed by atoms with van der Waals surface area (Å²) in [5, 5.41) is 18.5. The maximum Gasteiger partial charge on any atom is 0.350 e. The van der Waals surface area contributed by atoms with E-state index in [-0.39, 0.29) is 30.4 Å². The summed E-state index contributed by atoms with van der Waals surface area (Å²) in [6.45, 7) is 7.26. The van der Waals surface area contributed by atoms with Gasteiger partial charge in [0.2, 0.25) is 5.62 Å². The van der Waals surface area contributed by atoms with Gasteiger partial charge >= 0.3 is 5.69 Å². The summed E-state index contributed by atoms with van der Waals surface area (Å²) < 4.78 is 45.4. The molecule has 0 amide bonds. The zero-order chi connectivity index (χ0) is 35.5. The molecule has 0 radical (unpaired) electrons. The fraction of sp³-hybridized carbons (Fsp3) is 0.389. The molecule has 0 aliphatic carbocycles. The Bertz CT molecular complexity index is 1960. The van der Waals surface area contributed by atoms with E-state index in [4.69, 9.17) is 9.47 Å². The van der Waals surface area contributed by atoms with Crippen molar-refractivity contribution in [3.8, 4) is 5.69 Å². The number of aliphatic hydroxyl groups is 1. The Balaban J connectivity index is 0.923. The number of benzene rings is 3. The number of aliphatic hydroxyl groups excluding tert-OH is 1. The van der Waals surface area contributed by atoms with Crippen LogP contribution in [0.3, 0.4) is 0 Å². The van der Waals surface area contributed by atoms with Gasteiger partial charge in [-0.15, -0.1) is 0 Å². The predicted molar refractivity (Wildman–Crippen MR) is 190 cm³/mol. The molecule has 5 aromatic rings. The lowest BCUT2D eigenvalue weighted by Crippen LogP contribution is -2.46. The molecule has 12 nitrogen and oxygen atoms in total. The minimum Gasteiger partial charge on any atom is -0.391 e. The summed E-state index contributed by atoms with van der Waals surface area (Å²) in [5.74, 6) is -0.739. The predicted octanol–water partition coefficient (Wildman–Crippen LogP) is 4.72. The lowest BCUT2D eigenvalue weighted by molar-refractivity contribution is -0.0470. The normalized spacial score (nSPS) is 20.5. The Morgan fingerprint density at radius 1 is 0.941 bits per heavy atom. The van der Waals surface area contributed by atoms with Crippen LogP contribution in [0.25, 0.3) is 5.69 Å². The van der Waals surface area contributed by atoms with Crippen molar-refractivity contribution in [2.75, 3.05) is 42.6 Å². The van der Waals surface area contributed by atoms with Crippen LogP contribution in [0.5, 0.6) is 0 Å². The molecule has 0 bridgehead atoms. The van der Waals surface area contributed by atoms with Crippen molar-refractivity contribution < 1.29 is 23.4 Å². The maximum absolute atomic E-state index is 14.9. The maximum atomic E-state index is 14.9. The van der Waals surface area contributed by atoms with E-state index in [1.165, 1.54) is 52.1 Å². The number of thioether (sulfide) groups is 1. The SMILES string of the molecule is CCC(C(C)O)n1ncn(-c2ccc(N3CCN(c4ccc(CSC5OCC(Cn6cncn6)(c6ccc(F)cc6F)O5)cc4)CC3)cc2)c1=O. The smallest absolute Gasteiger partial charge is 0.350 e. The van der Waals surface area contributed by atoms with Crippen molar-refractivity contribution in [1.29, 1.82) is 0 Å². The standard InChI is InChI=1S/C36H40F2N8O4S/c1-3-33(25(2)47)46-34(48)45(24-41-46)30-11-9-29(10-12-30)43-16-14-42(15-17-43)28-7-4-26(5-8-28)19-51-35-49-21-36(50-35,20-44-23-39-22-40-44)31-13-6-27(37)18-32(31)38/h4-13,18,22-25,33,35,47H,3,14-17,19-21H2,1-2H3. The number of halogens is 2. The molecule has 0 spiro atoms. The molecular formula is C36H40F2N8O4S. The average Bonchev–Trinajstić information content (AvgIpc) is 3.90. The first-order valence-electron chi connectivity index (χ1n) is 17.0. The highest BCUT2D eigenvalue weighted by Crippen LogP contribution is 2.41. The first kappa shape index (κ1) is 34.9. The van der Waals surface area contributed by atoms with Gasteiger partial charge < -0.3 is 24.4 Å². The summed E-state index contributed by atoms with van der Waals surface area (Å²) in [4.78, 5) is 21.7. The van der Waals surface area contributed by atoms with Gasteiger partial charge in [-0.2, -0.15) is 10.2 Å². The lowest BCUT2D eigenvalue weighted by Gasteiger charge is -2.37.